The molecule has 21 heavy (non-hydrogen) atoms. The molecule has 6 heteroatoms. The molecule has 2 aliphatic heterocycles. The molecule has 3 heterocycles. The van der Waals surface area contributed by atoms with Gasteiger partial charge >= 0.3 is 0 Å². The van der Waals surface area contributed by atoms with E-state index in [1.54, 1.807) is 6.07 Å². The first-order valence-corrected chi connectivity index (χ1v) is 9.12. The summed E-state index contributed by atoms with van der Waals surface area (Å²) in [5, 5.41) is 10.5. The first-order valence-electron chi connectivity index (χ1n) is 7.96. The van der Waals surface area contributed by atoms with Gasteiger partial charge in [0.05, 0.1) is 0 Å². The quantitative estimate of drug-likeness (QED) is 0.885. The molecule has 2 saturated heterocycles. The maximum atomic E-state index is 11.2. The summed E-state index contributed by atoms with van der Waals surface area (Å²) in [6, 6.07) is 4.58. The molecule has 3 rings (SSSR count). The number of aromatic amines is 1. The second kappa shape index (κ2) is 7.31. The minimum atomic E-state index is -0.134. The lowest BCUT2D eigenvalue weighted by molar-refractivity contribution is 0.394. The Bertz CT molecular complexity index is 480. The summed E-state index contributed by atoms with van der Waals surface area (Å²) in [6.45, 7) is 2.06. The van der Waals surface area contributed by atoms with Crippen molar-refractivity contribution in [2.75, 3.05) is 29.5 Å². The van der Waals surface area contributed by atoms with Gasteiger partial charge < -0.3 is 10.2 Å². The molecular formula is C15H24N4OS. The fraction of sp³-hybridized carbons (Fsp3) is 0.733. The van der Waals surface area contributed by atoms with Gasteiger partial charge in [-0.25, -0.2) is 5.10 Å². The van der Waals surface area contributed by atoms with Crippen LogP contribution in [-0.2, 0) is 0 Å². The minimum Gasteiger partial charge on any atom is -0.351 e. The molecule has 2 aliphatic rings. The van der Waals surface area contributed by atoms with E-state index in [1.165, 1.54) is 43.6 Å². The molecule has 0 aliphatic carbocycles. The summed E-state index contributed by atoms with van der Waals surface area (Å²) in [7, 11) is 0. The Labute approximate surface area is 129 Å². The van der Waals surface area contributed by atoms with Gasteiger partial charge in [0.15, 0.2) is 0 Å². The second-order valence-corrected chi connectivity index (χ2v) is 7.14. The number of nitrogens with zero attached hydrogens (tertiary/aromatic N) is 2. The van der Waals surface area contributed by atoms with Gasteiger partial charge in [-0.05, 0) is 49.7 Å². The van der Waals surface area contributed by atoms with Crippen LogP contribution in [0.25, 0.3) is 0 Å². The van der Waals surface area contributed by atoms with Gasteiger partial charge in [-0.1, -0.05) is 0 Å². The Hall–Kier alpha value is -1.01. The number of rotatable bonds is 4. The zero-order valence-corrected chi connectivity index (χ0v) is 13.2. The van der Waals surface area contributed by atoms with Crippen molar-refractivity contribution >= 4 is 17.6 Å². The highest BCUT2D eigenvalue weighted by Gasteiger charge is 2.24. The van der Waals surface area contributed by atoms with Crippen molar-refractivity contribution in [2.24, 2.45) is 0 Å². The maximum Gasteiger partial charge on any atom is 0.264 e. The standard InChI is InChI=1S/C15H24N4OS/c20-15-5-4-14(17-18-15)19-8-2-1-3-13(19)11-16-12-6-9-21-10-7-12/h4-5,12-13,16H,1-3,6-11H2,(H,18,20). The molecular weight excluding hydrogens is 284 g/mol. The molecule has 2 N–H and O–H groups in total. The normalized spacial score (nSPS) is 24.2. The van der Waals surface area contributed by atoms with Crippen LogP contribution in [0.5, 0.6) is 0 Å². The van der Waals surface area contributed by atoms with E-state index in [9.17, 15) is 4.79 Å². The van der Waals surface area contributed by atoms with Crippen molar-refractivity contribution in [1.29, 1.82) is 0 Å². The van der Waals surface area contributed by atoms with Gasteiger partial charge in [0.25, 0.3) is 5.56 Å². The fourth-order valence-corrected chi connectivity index (χ4v) is 4.32. The van der Waals surface area contributed by atoms with Crippen molar-refractivity contribution in [3.8, 4) is 0 Å². The van der Waals surface area contributed by atoms with E-state index in [-0.39, 0.29) is 5.56 Å². The van der Waals surface area contributed by atoms with Crippen molar-refractivity contribution in [1.82, 2.24) is 15.5 Å². The van der Waals surface area contributed by atoms with Crippen LogP contribution in [0.15, 0.2) is 16.9 Å². The van der Waals surface area contributed by atoms with E-state index in [2.05, 4.69) is 32.2 Å². The molecule has 0 radical (unpaired) electrons. The van der Waals surface area contributed by atoms with E-state index < -0.39 is 0 Å². The average Bonchev–Trinajstić information content (AvgIpc) is 2.55. The average molecular weight is 308 g/mol. The zero-order valence-electron chi connectivity index (χ0n) is 12.4. The number of piperidine rings is 1. The molecule has 1 unspecified atom stereocenters. The largest absolute Gasteiger partial charge is 0.351 e. The van der Waals surface area contributed by atoms with E-state index in [0.29, 0.717) is 12.1 Å². The predicted octanol–water partition coefficient (Wildman–Crippen LogP) is 1.61. The third-order valence-corrected chi connectivity index (χ3v) is 5.50. The Kier molecular flexibility index (Phi) is 5.19. The van der Waals surface area contributed by atoms with Gasteiger partial charge in [0, 0.05) is 31.2 Å². The lowest BCUT2D eigenvalue weighted by atomic mass is 10.0. The highest BCUT2D eigenvalue weighted by molar-refractivity contribution is 7.99. The Morgan fingerprint density at radius 2 is 2.14 bits per heavy atom. The molecule has 1 atom stereocenters. The summed E-state index contributed by atoms with van der Waals surface area (Å²) in [6.07, 6.45) is 6.27. The number of H-pyrrole nitrogens is 1. The van der Waals surface area contributed by atoms with Crippen LogP contribution >= 0.6 is 11.8 Å². The van der Waals surface area contributed by atoms with Gasteiger partial charge in [0.1, 0.15) is 5.82 Å². The molecule has 5 nitrogen and oxygen atoms in total. The molecule has 0 amide bonds. The molecule has 2 fully saturated rings. The summed E-state index contributed by atoms with van der Waals surface area (Å²) in [5.74, 6) is 3.47. The van der Waals surface area contributed by atoms with Crippen LogP contribution in [-0.4, -0.2) is 46.9 Å². The first-order chi connectivity index (χ1) is 10.3. The van der Waals surface area contributed by atoms with Gasteiger partial charge in [-0.3, -0.25) is 4.79 Å². The monoisotopic (exact) mass is 308 g/mol. The molecule has 0 saturated carbocycles. The lowest BCUT2D eigenvalue weighted by Gasteiger charge is -2.37. The van der Waals surface area contributed by atoms with E-state index in [1.807, 2.05) is 6.07 Å². The van der Waals surface area contributed by atoms with Crippen LogP contribution in [0.4, 0.5) is 5.82 Å². The highest BCUT2D eigenvalue weighted by Crippen LogP contribution is 2.23. The topological polar surface area (TPSA) is 61.0 Å². The Morgan fingerprint density at radius 1 is 1.29 bits per heavy atom. The number of hydrogen-bond acceptors (Lipinski definition) is 5. The third kappa shape index (κ3) is 4.01. The van der Waals surface area contributed by atoms with E-state index in [4.69, 9.17) is 0 Å². The third-order valence-electron chi connectivity index (χ3n) is 4.45. The zero-order chi connectivity index (χ0) is 14.5. The van der Waals surface area contributed by atoms with Crippen LogP contribution in [0.3, 0.4) is 0 Å². The first kappa shape index (κ1) is 14.9. The van der Waals surface area contributed by atoms with Crippen LogP contribution in [0.2, 0.25) is 0 Å². The molecule has 0 bridgehead atoms. The number of nitrogens with one attached hydrogen (secondary N) is 2. The number of thioether (sulfide) groups is 1. The lowest BCUT2D eigenvalue weighted by Crippen LogP contribution is -2.48. The Morgan fingerprint density at radius 3 is 2.90 bits per heavy atom. The Balaban J connectivity index is 1.60. The molecule has 0 spiro atoms. The van der Waals surface area contributed by atoms with Gasteiger partial charge in [0.2, 0.25) is 0 Å². The molecule has 1 aromatic heterocycles. The molecule has 1 aromatic rings. The summed E-state index contributed by atoms with van der Waals surface area (Å²) in [5.41, 5.74) is -0.134. The van der Waals surface area contributed by atoms with Crippen LogP contribution in [0, 0.1) is 0 Å². The number of hydrogen-bond donors (Lipinski definition) is 2. The van der Waals surface area contributed by atoms with Crippen molar-refractivity contribution in [2.45, 2.75) is 44.2 Å². The van der Waals surface area contributed by atoms with Crippen molar-refractivity contribution in [3.05, 3.63) is 22.5 Å². The maximum absolute atomic E-state index is 11.2. The van der Waals surface area contributed by atoms with Crippen molar-refractivity contribution in [3.63, 3.8) is 0 Å². The summed E-state index contributed by atoms with van der Waals surface area (Å²) < 4.78 is 0. The highest BCUT2D eigenvalue weighted by atomic mass is 32.2. The predicted molar refractivity (Wildman–Crippen MR) is 88.2 cm³/mol. The van der Waals surface area contributed by atoms with E-state index in [0.717, 1.165) is 18.9 Å². The summed E-state index contributed by atoms with van der Waals surface area (Å²) >= 11 is 2.06. The summed E-state index contributed by atoms with van der Waals surface area (Å²) in [4.78, 5) is 13.5. The number of aromatic nitrogens is 2. The van der Waals surface area contributed by atoms with Gasteiger partial charge in [-0.2, -0.15) is 16.9 Å². The van der Waals surface area contributed by atoms with Crippen LogP contribution in [0.1, 0.15) is 32.1 Å². The van der Waals surface area contributed by atoms with Crippen LogP contribution < -0.4 is 15.8 Å². The molecule has 0 aromatic carbocycles. The van der Waals surface area contributed by atoms with Gasteiger partial charge in [-0.15, -0.1) is 0 Å². The van der Waals surface area contributed by atoms with Crippen molar-refractivity contribution < 1.29 is 0 Å². The molecule has 116 valence electrons. The SMILES string of the molecule is O=c1ccc(N2CCCCC2CNC2CCSCC2)n[nH]1. The second-order valence-electron chi connectivity index (χ2n) is 5.92. The fourth-order valence-electron chi connectivity index (χ4n) is 3.22. The van der Waals surface area contributed by atoms with E-state index >= 15 is 0 Å². The number of anilines is 1. The smallest absolute Gasteiger partial charge is 0.264 e. The minimum absolute atomic E-state index is 0.134.